The molecule has 2 N–H and O–H groups in total. The lowest BCUT2D eigenvalue weighted by Gasteiger charge is -2.06. The topological polar surface area (TPSA) is 45.6 Å². The molecule has 98 valence electrons. The quantitative estimate of drug-likeness (QED) is 0.751. The van der Waals surface area contributed by atoms with Crippen LogP contribution in [-0.2, 0) is 20.1 Å². The van der Waals surface area contributed by atoms with Crippen LogP contribution in [-0.4, -0.2) is 14.8 Å². The highest BCUT2D eigenvalue weighted by molar-refractivity contribution is 5.82. The number of H-pyrrole nitrogens is 1. The van der Waals surface area contributed by atoms with Gasteiger partial charge >= 0.3 is 0 Å². The first kappa shape index (κ1) is 12.0. The van der Waals surface area contributed by atoms with Crippen molar-refractivity contribution in [3.05, 3.63) is 53.5 Å². The van der Waals surface area contributed by atoms with E-state index < -0.39 is 0 Å². The Morgan fingerprint density at radius 3 is 2.84 bits per heavy atom. The van der Waals surface area contributed by atoms with E-state index in [0.29, 0.717) is 0 Å². The molecule has 0 saturated heterocycles. The first-order chi connectivity index (χ1) is 9.25. The van der Waals surface area contributed by atoms with Crippen molar-refractivity contribution in [2.75, 3.05) is 0 Å². The van der Waals surface area contributed by atoms with Gasteiger partial charge < -0.3 is 10.3 Å². The average molecular weight is 254 g/mol. The lowest BCUT2D eigenvalue weighted by Crippen LogP contribution is -2.13. The molecular weight excluding hydrogens is 236 g/mol. The summed E-state index contributed by atoms with van der Waals surface area (Å²) in [5.41, 5.74) is 4.98. The van der Waals surface area contributed by atoms with Crippen molar-refractivity contribution < 1.29 is 0 Å². The van der Waals surface area contributed by atoms with E-state index in [4.69, 9.17) is 0 Å². The Balaban J connectivity index is 1.70. The molecule has 0 spiro atoms. The number of nitrogens with zero attached hydrogens (tertiary/aromatic N) is 2. The number of fused-ring (bicyclic) bond motifs is 1. The zero-order chi connectivity index (χ0) is 13.2. The Bertz CT molecular complexity index is 693. The molecule has 3 aromatic rings. The molecule has 4 nitrogen and oxygen atoms in total. The number of hydrogen-bond acceptors (Lipinski definition) is 2. The second kappa shape index (κ2) is 4.90. The summed E-state index contributed by atoms with van der Waals surface area (Å²) in [5.74, 6) is 0. The fraction of sp³-hybridized carbons (Fsp3) is 0.267. The standard InChI is InChI=1S/C15H18N4/c1-11-13(10-18-19(11)2)9-16-8-12-4-3-5-15-14(12)6-7-17-15/h3-7,10,16-17H,8-9H2,1-2H3. The first-order valence-corrected chi connectivity index (χ1v) is 6.49. The number of nitrogens with one attached hydrogen (secondary N) is 2. The Labute approximate surface area is 112 Å². The number of aryl methyl sites for hydroxylation is 1. The van der Waals surface area contributed by atoms with Crippen LogP contribution in [0, 0.1) is 6.92 Å². The summed E-state index contributed by atoms with van der Waals surface area (Å²) in [6.45, 7) is 3.81. The zero-order valence-electron chi connectivity index (χ0n) is 11.3. The van der Waals surface area contributed by atoms with Crippen LogP contribution in [0.3, 0.4) is 0 Å². The monoisotopic (exact) mass is 254 g/mol. The molecule has 0 amide bonds. The SMILES string of the molecule is Cc1c(CNCc2cccc3[nH]ccc23)cnn1C. The van der Waals surface area contributed by atoms with Gasteiger partial charge in [-0.05, 0) is 24.6 Å². The third-order valence-electron chi connectivity index (χ3n) is 3.65. The molecule has 0 radical (unpaired) electrons. The molecule has 0 aliphatic rings. The molecule has 2 aromatic heterocycles. The van der Waals surface area contributed by atoms with E-state index in [1.54, 1.807) is 0 Å². The number of aromatic amines is 1. The molecule has 0 saturated carbocycles. The molecule has 0 bridgehead atoms. The summed E-state index contributed by atoms with van der Waals surface area (Å²) in [6, 6.07) is 8.48. The minimum absolute atomic E-state index is 0.848. The van der Waals surface area contributed by atoms with Crippen molar-refractivity contribution in [2.45, 2.75) is 20.0 Å². The van der Waals surface area contributed by atoms with Gasteiger partial charge in [-0.15, -0.1) is 0 Å². The first-order valence-electron chi connectivity index (χ1n) is 6.49. The summed E-state index contributed by atoms with van der Waals surface area (Å²) < 4.78 is 1.91. The van der Waals surface area contributed by atoms with Gasteiger partial charge in [0.1, 0.15) is 0 Å². The summed E-state index contributed by atoms with van der Waals surface area (Å²) in [7, 11) is 1.97. The van der Waals surface area contributed by atoms with Crippen LogP contribution in [0.15, 0.2) is 36.7 Å². The highest BCUT2D eigenvalue weighted by Crippen LogP contribution is 2.17. The maximum absolute atomic E-state index is 4.26. The largest absolute Gasteiger partial charge is 0.361 e. The molecule has 0 unspecified atom stereocenters. The van der Waals surface area contributed by atoms with Crippen molar-refractivity contribution in [1.29, 1.82) is 0 Å². The van der Waals surface area contributed by atoms with E-state index in [9.17, 15) is 0 Å². The van der Waals surface area contributed by atoms with Crippen LogP contribution in [0.5, 0.6) is 0 Å². The lowest BCUT2D eigenvalue weighted by atomic mass is 10.1. The number of hydrogen-bond donors (Lipinski definition) is 2. The van der Waals surface area contributed by atoms with Crippen molar-refractivity contribution in [3.8, 4) is 0 Å². The normalized spacial score (nSPS) is 11.3. The van der Waals surface area contributed by atoms with Gasteiger partial charge in [0.2, 0.25) is 0 Å². The average Bonchev–Trinajstić information content (AvgIpc) is 3.00. The minimum atomic E-state index is 0.848. The predicted octanol–water partition coefficient (Wildman–Crippen LogP) is 2.50. The van der Waals surface area contributed by atoms with Crippen LogP contribution in [0.1, 0.15) is 16.8 Å². The summed E-state index contributed by atoms with van der Waals surface area (Å²) >= 11 is 0. The molecule has 3 rings (SSSR count). The van der Waals surface area contributed by atoms with Crippen molar-refractivity contribution in [1.82, 2.24) is 20.1 Å². The Hall–Kier alpha value is -2.07. The molecule has 0 aliphatic heterocycles. The van der Waals surface area contributed by atoms with Gasteiger partial charge in [-0.25, -0.2) is 0 Å². The zero-order valence-corrected chi connectivity index (χ0v) is 11.3. The van der Waals surface area contributed by atoms with Gasteiger partial charge in [0.05, 0.1) is 6.20 Å². The predicted molar refractivity (Wildman–Crippen MR) is 76.8 cm³/mol. The Kier molecular flexibility index (Phi) is 3.09. The number of rotatable bonds is 4. The highest BCUT2D eigenvalue weighted by Gasteiger charge is 2.04. The summed E-state index contributed by atoms with van der Waals surface area (Å²) in [6.07, 6.45) is 3.92. The van der Waals surface area contributed by atoms with E-state index in [0.717, 1.165) is 13.1 Å². The fourth-order valence-corrected chi connectivity index (χ4v) is 2.35. The van der Waals surface area contributed by atoms with Gasteiger partial charge in [0, 0.05) is 48.5 Å². The maximum Gasteiger partial charge on any atom is 0.0537 e. The molecule has 0 fully saturated rings. The second-order valence-corrected chi connectivity index (χ2v) is 4.84. The van der Waals surface area contributed by atoms with Crippen molar-refractivity contribution in [3.63, 3.8) is 0 Å². The van der Waals surface area contributed by atoms with Crippen LogP contribution in [0.25, 0.3) is 10.9 Å². The Morgan fingerprint density at radius 1 is 1.21 bits per heavy atom. The van der Waals surface area contributed by atoms with E-state index in [1.165, 1.54) is 27.7 Å². The van der Waals surface area contributed by atoms with E-state index in [2.05, 4.69) is 46.6 Å². The van der Waals surface area contributed by atoms with Crippen LogP contribution in [0.2, 0.25) is 0 Å². The second-order valence-electron chi connectivity index (χ2n) is 4.84. The molecular formula is C15H18N4. The van der Waals surface area contributed by atoms with Crippen LogP contribution in [0.4, 0.5) is 0 Å². The Morgan fingerprint density at radius 2 is 2.05 bits per heavy atom. The highest BCUT2D eigenvalue weighted by atomic mass is 15.3. The van der Waals surface area contributed by atoms with Gasteiger partial charge in [-0.1, -0.05) is 12.1 Å². The third-order valence-corrected chi connectivity index (χ3v) is 3.65. The van der Waals surface area contributed by atoms with Gasteiger partial charge in [-0.3, -0.25) is 4.68 Å². The van der Waals surface area contributed by atoms with Gasteiger partial charge in [0.25, 0.3) is 0 Å². The van der Waals surface area contributed by atoms with Crippen molar-refractivity contribution >= 4 is 10.9 Å². The molecule has 0 atom stereocenters. The fourth-order valence-electron chi connectivity index (χ4n) is 2.35. The maximum atomic E-state index is 4.26. The molecule has 1 aromatic carbocycles. The number of benzene rings is 1. The third kappa shape index (κ3) is 2.27. The van der Waals surface area contributed by atoms with Gasteiger partial charge in [-0.2, -0.15) is 5.10 Å². The van der Waals surface area contributed by atoms with Crippen molar-refractivity contribution in [2.24, 2.45) is 7.05 Å². The summed E-state index contributed by atoms with van der Waals surface area (Å²) in [5, 5.41) is 9.03. The summed E-state index contributed by atoms with van der Waals surface area (Å²) in [4.78, 5) is 3.24. The van der Waals surface area contributed by atoms with Crippen LogP contribution >= 0.6 is 0 Å². The molecule has 19 heavy (non-hydrogen) atoms. The number of aromatic nitrogens is 3. The smallest absolute Gasteiger partial charge is 0.0537 e. The van der Waals surface area contributed by atoms with E-state index >= 15 is 0 Å². The van der Waals surface area contributed by atoms with E-state index in [-0.39, 0.29) is 0 Å². The molecule has 0 aliphatic carbocycles. The molecule has 2 heterocycles. The molecule has 4 heteroatoms. The lowest BCUT2D eigenvalue weighted by molar-refractivity contribution is 0.687. The van der Waals surface area contributed by atoms with E-state index in [1.807, 2.05) is 24.1 Å². The van der Waals surface area contributed by atoms with Crippen LogP contribution < -0.4 is 5.32 Å². The minimum Gasteiger partial charge on any atom is -0.361 e. The van der Waals surface area contributed by atoms with Gasteiger partial charge in [0.15, 0.2) is 0 Å².